The van der Waals surface area contributed by atoms with Crippen molar-refractivity contribution >= 4 is 29.9 Å². The molecule has 0 saturated carbocycles. The molecule has 0 fully saturated rings. The number of hydrogen-bond donors (Lipinski definition) is 2. The Morgan fingerprint density at radius 3 is 2.50 bits per heavy atom. The van der Waals surface area contributed by atoms with Gasteiger partial charge in [0.05, 0.1) is 12.8 Å². The second-order valence-electron chi connectivity index (χ2n) is 6.81. The van der Waals surface area contributed by atoms with Crippen molar-refractivity contribution in [2.24, 2.45) is 12.0 Å². The Balaban J connectivity index is 0.00000450. The topological polar surface area (TPSA) is 72.7 Å². The van der Waals surface area contributed by atoms with Crippen LogP contribution >= 0.6 is 24.0 Å². The van der Waals surface area contributed by atoms with Gasteiger partial charge in [-0.25, -0.2) is 0 Å². The average molecular weight is 537 g/mol. The van der Waals surface area contributed by atoms with Crippen LogP contribution in [-0.2, 0) is 20.0 Å². The van der Waals surface area contributed by atoms with Crippen LogP contribution in [0.3, 0.4) is 0 Å². The Hall–Kier alpha value is -2.11. The Bertz CT molecular complexity index is 858. The van der Waals surface area contributed by atoms with Crippen molar-refractivity contribution in [3.63, 3.8) is 0 Å². The van der Waals surface area contributed by atoms with Crippen molar-refractivity contribution in [1.82, 2.24) is 20.4 Å². The first kappa shape index (κ1) is 25.9. The molecule has 1 aromatic carbocycles. The fraction of sp³-hybridized carbons (Fsp3) is 0.500. The summed E-state index contributed by atoms with van der Waals surface area (Å²) < 4.78 is 36.6. The van der Waals surface area contributed by atoms with Crippen LogP contribution in [0.2, 0.25) is 0 Å². The molecule has 7 nitrogen and oxygen atoms in total. The summed E-state index contributed by atoms with van der Waals surface area (Å²) in [4.78, 5) is 4.24. The molecule has 0 aliphatic carbocycles. The van der Waals surface area contributed by atoms with Gasteiger partial charge in [0, 0.05) is 32.4 Å². The molecule has 1 unspecified atom stereocenters. The van der Waals surface area contributed by atoms with Gasteiger partial charge < -0.3 is 20.1 Å². The number of benzene rings is 1. The molecule has 10 heteroatoms. The van der Waals surface area contributed by atoms with E-state index in [4.69, 9.17) is 4.74 Å². The van der Waals surface area contributed by atoms with Crippen molar-refractivity contribution in [3.8, 4) is 11.5 Å². The third-order valence-electron chi connectivity index (χ3n) is 4.68. The van der Waals surface area contributed by atoms with Gasteiger partial charge in [0.15, 0.2) is 17.5 Å². The number of alkyl halides is 2. The second kappa shape index (κ2) is 11.9. The molecular weight excluding hydrogens is 507 g/mol. The highest BCUT2D eigenvalue weighted by molar-refractivity contribution is 14.0. The van der Waals surface area contributed by atoms with Gasteiger partial charge in [0.1, 0.15) is 0 Å². The third kappa shape index (κ3) is 6.99. The normalized spacial score (nSPS) is 12.4. The summed E-state index contributed by atoms with van der Waals surface area (Å²) in [6.45, 7) is 3.60. The van der Waals surface area contributed by atoms with E-state index < -0.39 is 6.61 Å². The minimum absolute atomic E-state index is 0. The lowest BCUT2D eigenvalue weighted by Crippen LogP contribution is -2.42. The smallest absolute Gasteiger partial charge is 0.387 e. The van der Waals surface area contributed by atoms with E-state index in [1.165, 1.54) is 18.7 Å². The summed E-state index contributed by atoms with van der Waals surface area (Å²) in [6, 6.07) is 5.03. The molecule has 2 aromatic rings. The van der Waals surface area contributed by atoms with Crippen molar-refractivity contribution in [1.29, 1.82) is 0 Å². The molecule has 2 N–H and O–H groups in total. The van der Waals surface area contributed by atoms with E-state index in [0.29, 0.717) is 12.5 Å². The molecule has 1 atom stereocenters. The minimum Gasteiger partial charge on any atom is -0.493 e. The van der Waals surface area contributed by atoms with Crippen LogP contribution < -0.4 is 20.1 Å². The zero-order valence-corrected chi connectivity index (χ0v) is 20.5. The molecule has 1 heterocycles. The van der Waals surface area contributed by atoms with Crippen LogP contribution in [0.1, 0.15) is 29.4 Å². The molecule has 30 heavy (non-hydrogen) atoms. The number of methoxy groups -OCH3 is 1. The number of hydrogen-bond acceptors (Lipinski definition) is 4. The highest BCUT2D eigenvalue weighted by Gasteiger charge is 2.15. The molecule has 2 rings (SSSR count). The molecule has 1 aromatic heterocycles. The standard InChI is InChI=1S/C20H29F2N5O2.HI/c1-12(9-16-13(2)26-27(5)14(16)3)25-20(23-4)24-11-15-7-8-17(28-6)18(10-15)29-19(21)22;/h7-8,10,12,19H,9,11H2,1-6H3,(H2,23,24,25);1H. The van der Waals surface area contributed by atoms with E-state index in [2.05, 4.69) is 39.3 Å². The van der Waals surface area contributed by atoms with Gasteiger partial charge in [-0.1, -0.05) is 6.07 Å². The second-order valence-corrected chi connectivity index (χ2v) is 6.81. The summed E-state index contributed by atoms with van der Waals surface area (Å²) in [6.07, 6.45) is 0.807. The number of aromatic nitrogens is 2. The van der Waals surface area contributed by atoms with E-state index in [0.717, 1.165) is 23.4 Å². The summed E-state index contributed by atoms with van der Waals surface area (Å²) >= 11 is 0. The van der Waals surface area contributed by atoms with Crippen molar-refractivity contribution in [2.45, 2.75) is 46.4 Å². The van der Waals surface area contributed by atoms with Gasteiger partial charge in [0.2, 0.25) is 0 Å². The van der Waals surface area contributed by atoms with E-state index in [-0.39, 0.29) is 41.5 Å². The average Bonchev–Trinajstić information content (AvgIpc) is 2.90. The fourth-order valence-electron chi connectivity index (χ4n) is 3.10. The molecule has 0 amide bonds. The van der Waals surface area contributed by atoms with Gasteiger partial charge in [0.25, 0.3) is 0 Å². The SMILES string of the molecule is CN=C(NCc1ccc(OC)c(OC(F)F)c1)NC(C)Cc1c(C)nn(C)c1C.I. The number of rotatable bonds is 8. The lowest BCUT2D eigenvalue weighted by Gasteiger charge is -2.19. The molecule has 0 spiro atoms. The number of guanidine groups is 1. The molecular formula is C20H30F2IN5O2. The van der Waals surface area contributed by atoms with Gasteiger partial charge in [-0.3, -0.25) is 9.67 Å². The van der Waals surface area contributed by atoms with Crippen LogP contribution in [0.5, 0.6) is 11.5 Å². The first-order valence-corrected chi connectivity index (χ1v) is 9.33. The van der Waals surface area contributed by atoms with Crippen molar-refractivity contribution < 1.29 is 18.3 Å². The predicted octanol–water partition coefficient (Wildman–Crippen LogP) is 3.56. The lowest BCUT2D eigenvalue weighted by atomic mass is 10.1. The molecule has 0 aliphatic heterocycles. The molecule has 0 saturated heterocycles. The van der Waals surface area contributed by atoms with Crippen molar-refractivity contribution in [3.05, 3.63) is 40.7 Å². The molecule has 0 aliphatic rings. The lowest BCUT2D eigenvalue weighted by molar-refractivity contribution is -0.0512. The number of halogens is 3. The Morgan fingerprint density at radius 2 is 1.97 bits per heavy atom. The summed E-state index contributed by atoms with van der Waals surface area (Å²) in [5, 5.41) is 11.0. The van der Waals surface area contributed by atoms with E-state index >= 15 is 0 Å². The van der Waals surface area contributed by atoms with Gasteiger partial charge in [-0.15, -0.1) is 24.0 Å². The van der Waals surface area contributed by atoms with Crippen LogP contribution in [0.15, 0.2) is 23.2 Å². The number of aliphatic imine (C=N–C) groups is 1. The molecule has 0 bridgehead atoms. The predicted molar refractivity (Wildman–Crippen MR) is 124 cm³/mol. The zero-order valence-electron chi connectivity index (χ0n) is 18.1. The molecule has 0 radical (unpaired) electrons. The van der Waals surface area contributed by atoms with Crippen LogP contribution in [-0.4, -0.2) is 42.6 Å². The van der Waals surface area contributed by atoms with Crippen LogP contribution in [0.25, 0.3) is 0 Å². The van der Waals surface area contributed by atoms with Crippen molar-refractivity contribution in [2.75, 3.05) is 14.2 Å². The van der Waals surface area contributed by atoms with Crippen LogP contribution in [0.4, 0.5) is 8.78 Å². The van der Waals surface area contributed by atoms with Gasteiger partial charge in [-0.2, -0.15) is 13.9 Å². The molecule has 168 valence electrons. The third-order valence-corrected chi connectivity index (χ3v) is 4.68. The van der Waals surface area contributed by atoms with E-state index in [1.807, 2.05) is 18.7 Å². The van der Waals surface area contributed by atoms with Gasteiger partial charge in [-0.05, 0) is 50.5 Å². The minimum atomic E-state index is -2.92. The highest BCUT2D eigenvalue weighted by atomic mass is 127. The fourth-order valence-corrected chi connectivity index (χ4v) is 3.10. The highest BCUT2D eigenvalue weighted by Crippen LogP contribution is 2.29. The summed E-state index contributed by atoms with van der Waals surface area (Å²) in [5.74, 6) is 0.872. The quantitative estimate of drug-likeness (QED) is 0.306. The van der Waals surface area contributed by atoms with E-state index in [1.54, 1.807) is 19.2 Å². The monoisotopic (exact) mass is 537 g/mol. The van der Waals surface area contributed by atoms with Crippen LogP contribution in [0, 0.1) is 13.8 Å². The summed E-state index contributed by atoms with van der Waals surface area (Å²) in [5.41, 5.74) is 4.14. The number of ether oxygens (including phenoxy) is 2. The number of aryl methyl sites for hydroxylation is 2. The maximum atomic E-state index is 12.6. The Labute approximate surface area is 193 Å². The van der Waals surface area contributed by atoms with Gasteiger partial charge >= 0.3 is 6.61 Å². The maximum absolute atomic E-state index is 12.6. The number of nitrogens with zero attached hydrogens (tertiary/aromatic N) is 3. The zero-order chi connectivity index (χ0) is 21.6. The Kier molecular flexibility index (Phi) is 10.3. The summed E-state index contributed by atoms with van der Waals surface area (Å²) in [7, 11) is 5.03. The Morgan fingerprint density at radius 1 is 1.27 bits per heavy atom. The first-order chi connectivity index (χ1) is 13.7. The van der Waals surface area contributed by atoms with E-state index in [9.17, 15) is 8.78 Å². The number of nitrogens with one attached hydrogen (secondary N) is 2. The maximum Gasteiger partial charge on any atom is 0.387 e. The first-order valence-electron chi connectivity index (χ1n) is 9.33. The largest absolute Gasteiger partial charge is 0.493 e.